The summed E-state index contributed by atoms with van der Waals surface area (Å²) in [5.74, 6) is -0.266. The summed E-state index contributed by atoms with van der Waals surface area (Å²) in [5, 5.41) is 0. The van der Waals surface area contributed by atoms with Gasteiger partial charge in [0.1, 0.15) is 24.7 Å². The van der Waals surface area contributed by atoms with Gasteiger partial charge in [0.2, 0.25) is 0 Å². The van der Waals surface area contributed by atoms with Crippen molar-refractivity contribution in [2.75, 3.05) is 13.2 Å². The summed E-state index contributed by atoms with van der Waals surface area (Å²) in [4.78, 5) is 27.3. The maximum Gasteiger partial charge on any atom is 0.355 e. The molecular weight excluding hydrogens is 322 g/mol. The van der Waals surface area contributed by atoms with Crippen molar-refractivity contribution < 1.29 is 23.8 Å². The van der Waals surface area contributed by atoms with E-state index in [9.17, 15) is 9.59 Å². The van der Waals surface area contributed by atoms with Gasteiger partial charge >= 0.3 is 11.9 Å². The second-order valence-corrected chi connectivity index (χ2v) is 5.88. The molecule has 0 unspecified atom stereocenters. The number of hydrogen-bond donors (Lipinski definition) is 1. The van der Waals surface area contributed by atoms with E-state index in [2.05, 4.69) is 4.98 Å². The average molecular weight is 345 g/mol. The van der Waals surface area contributed by atoms with E-state index in [0.29, 0.717) is 22.6 Å². The number of para-hydroxylation sites is 1. The van der Waals surface area contributed by atoms with Crippen LogP contribution < -0.4 is 4.74 Å². The number of carbonyl (C=O) groups excluding carboxylic acids is 2. The first-order valence-electron chi connectivity index (χ1n) is 8.15. The minimum Gasteiger partial charge on any atom is -0.490 e. The molecule has 0 amide bonds. The van der Waals surface area contributed by atoms with Crippen molar-refractivity contribution in [2.45, 2.75) is 33.8 Å². The van der Waals surface area contributed by atoms with Crippen LogP contribution in [0.2, 0.25) is 0 Å². The highest BCUT2D eigenvalue weighted by Gasteiger charge is 2.24. The number of esters is 2. The summed E-state index contributed by atoms with van der Waals surface area (Å²) in [7, 11) is 0. The lowest BCUT2D eigenvalue weighted by molar-refractivity contribution is 0.0376. The first-order valence-corrected chi connectivity index (χ1v) is 8.15. The number of aryl methyl sites for hydroxylation is 1. The van der Waals surface area contributed by atoms with Gasteiger partial charge in [0.05, 0.1) is 11.7 Å². The van der Waals surface area contributed by atoms with Gasteiger partial charge in [0.25, 0.3) is 0 Å². The Morgan fingerprint density at radius 2 is 1.72 bits per heavy atom. The molecule has 2 aromatic rings. The van der Waals surface area contributed by atoms with Crippen LogP contribution in [0, 0.1) is 13.8 Å². The lowest BCUT2D eigenvalue weighted by Crippen LogP contribution is -2.15. The zero-order valence-electron chi connectivity index (χ0n) is 14.9. The van der Waals surface area contributed by atoms with Crippen LogP contribution in [0.15, 0.2) is 30.3 Å². The van der Waals surface area contributed by atoms with E-state index in [-0.39, 0.29) is 25.0 Å². The molecule has 0 saturated heterocycles. The maximum absolute atomic E-state index is 12.2. The van der Waals surface area contributed by atoms with Gasteiger partial charge in [-0.05, 0) is 45.4 Å². The van der Waals surface area contributed by atoms with Gasteiger partial charge in [0, 0.05) is 5.69 Å². The minimum absolute atomic E-state index is 0.108. The number of nitrogens with one attached hydrogen (secondary N) is 1. The van der Waals surface area contributed by atoms with Gasteiger partial charge in [-0.25, -0.2) is 9.59 Å². The molecule has 6 heteroatoms. The molecule has 25 heavy (non-hydrogen) atoms. The monoisotopic (exact) mass is 345 g/mol. The fourth-order valence-corrected chi connectivity index (χ4v) is 2.42. The second-order valence-electron chi connectivity index (χ2n) is 5.88. The van der Waals surface area contributed by atoms with Crippen LogP contribution in [0.1, 0.15) is 46.0 Å². The van der Waals surface area contributed by atoms with E-state index in [1.165, 1.54) is 0 Å². The van der Waals surface area contributed by atoms with E-state index in [0.717, 1.165) is 0 Å². The molecule has 1 aromatic carbocycles. The zero-order chi connectivity index (χ0) is 18.4. The Balaban J connectivity index is 1.94. The fraction of sp³-hybridized carbons (Fsp3) is 0.368. The van der Waals surface area contributed by atoms with Crippen LogP contribution in [0.4, 0.5) is 0 Å². The molecule has 0 fully saturated rings. The van der Waals surface area contributed by atoms with Crippen LogP contribution in [0.5, 0.6) is 5.75 Å². The highest BCUT2D eigenvalue weighted by molar-refractivity contribution is 5.98. The Morgan fingerprint density at radius 1 is 1.04 bits per heavy atom. The molecule has 0 radical (unpaired) electrons. The van der Waals surface area contributed by atoms with Crippen LogP contribution in [0.3, 0.4) is 0 Å². The summed E-state index contributed by atoms with van der Waals surface area (Å²) in [6, 6.07) is 9.28. The second kappa shape index (κ2) is 8.37. The van der Waals surface area contributed by atoms with Crippen LogP contribution >= 0.6 is 0 Å². The Hall–Kier alpha value is -2.76. The van der Waals surface area contributed by atoms with E-state index in [1.54, 1.807) is 27.7 Å². The first-order chi connectivity index (χ1) is 11.9. The van der Waals surface area contributed by atoms with E-state index in [4.69, 9.17) is 14.2 Å². The standard InChI is InChI=1S/C19H23NO5/c1-12(2)25-18(21)16-13(3)17(20-14(16)4)19(22)24-11-10-23-15-8-6-5-7-9-15/h5-9,12,20H,10-11H2,1-4H3. The lowest BCUT2D eigenvalue weighted by Gasteiger charge is -2.08. The van der Waals surface area contributed by atoms with Crippen molar-refractivity contribution in [2.24, 2.45) is 0 Å². The quantitative estimate of drug-likeness (QED) is 0.614. The van der Waals surface area contributed by atoms with Crippen LogP contribution in [0.25, 0.3) is 0 Å². The highest BCUT2D eigenvalue weighted by atomic mass is 16.6. The molecule has 2 rings (SSSR count). The molecule has 1 heterocycles. The predicted molar refractivity (Wildman–Crippen MR) is 93.0 cm³/mol. The predicted octanol–water partition coefficient (Wildman–Crippen LogP) is 3.43. The van der Waals surface area contributed by atoms with E-state index >= 15 is 0 Å². The number of carbonyl (C=O) groups is 2. The van der Waals surface area contributed by atoms with Crippen molar-refractivity contribution in [3.05, 3.63) is 52.8 Å². The number of rotatable bonds is 7. The van der Waals surface area contributed by atoms with Gasteiger partial charge in [-0.1, -0.05) is 18.2 Å². The normalized spacial score (nSPS) is 10.6. The zero-order valence-corrected chi connectivity index (χ0v) is 14.9. The Bertz CT molecular complexity index is 734. The van der Waals surface area contributed by atoms with Gasteiger partial charge < -0.3 is 19.2 Å². The summed E-state index contributed by atoms with van der Waals surface area (Å²) in [6.07, 6.45) is -0.230. The van der Waals surface area contributed by atoms with Crippen molar-refractivity contribution in [3.63, 3.8) is 0 Å². The topological polar surface area (TPSA) is 77.6 Å². The van der Waals surface area contributed by atoms with Crippen molar-refractivity contribution >= 4 is 11.9 Å². The molecule has 6 nitrogen and oxygen atoms in total. The molecule has 134 valence electrons. The highest BCUT2D eigenvalue weighted by Crippen LogP contribution is 2.20. The molecule has 0 atom stereocenters. The smallest absolute Gasteiger partial charge is 0.355 e. The Kier molecular flexibility index (Phi) is 6.22. The number of H-pyrrole nitrogens is 1. The molecule has 0 aliphatic carbocycles. The lowest BCUT2D eigenvalue weighted by atomic mass is 10.1. The fourth-order valence-electron chi connectivity index (χ4n) is 2.42. The maximum atomic E-state index is 12.2. The minimum atomic E-state index is -0.527. The molecular formula is C19H23NO5. The van der Waals surface area contributed by atoms with E-state index in [1.807, 2.05) is 30.3 Å². The van der Waals surface area contributed by atoms with Crippen LogP contribution in [-0.4, -0.2) is 36.2 Å². The molecule has 1 aromatic heterocycles. The summed E-state index contributed by atoms with van der Waals surface area (Å²) in [5.41, 5.74) is 1.74. The van der Waals surface area contributed by atoms with Crippen LogP contribution in [-0.2, 0) is 9.47 Å². The SMILES string of the molecule is Cc1[nH]c(C(=O)OCCOc2ccccc2)c(C)c1C(=O)OC(C)C. The Morgan fingerprint density at radius 3 is 2.36 bits per heavy atom. The first kappa shape index (κ1) is 18.6. The Labute approximate surface area is 147 Å². The largest absolute Gasteiger partial charge is 0.490 e. The van der Waals surface area contributed by atoms with Gasteiger partial charge in [-0.3, -0.25) is 0 Å². The van der Waals surface area contributed by atoms with Crippen molar-refractivity contribution in [1.82, 2.24) is 4.98 Å². The summed E-state index contributed by atoms with van der Waals surface area (Å²) in [6.45, 7) is 7.32. The third kappa shape index (κ3) is 4.86. The number of hydrogen-bond acceptors (Lipinski definition) is 5. The molecule has 0 saturated carbocycles. The van der Waals surface area contributed by atoms with E-state index < -0.39 is 11.9 Å². The third-order valence-electron chi connectivity index (χ3n) is 3.52. The third-order valence-corrected chi connectivity index (χ3v) is 3.52. The number of ether oxygens (including phenoxy) is 3. The molecule has 0 aliphatic rings. The number of aromatic amines is 1. The number of aromatic nitrogens is 1. The van der Waals surface area contributed by atoms with Gasteiger partial charge in [-0.2, -0.15) is 0 Å². The summed E-state index contributed by atoms with van der Waals surface area (Å²) < 4.78 is 15.9. The molecule has 1 N–H and O–H groups in total. The molecule has 0 spiro atoms. The van der Waals surface area contributed by atoms with Crippen molar-refractivity contribution in [1.29, 1.82) is 0 Å². The van der Waals surface area contributed by atoms with Crippen molar-refractivity contribution in [3.8, 4) is 5.75 Å². The van der Waals surface area contributed by atoms with Gasteiger partial charge in [-0.15, -0.1) is 0 Å². The summed E-state index contributed by atoms with van der Waals surface area (Å²) >= 11 is 0. The molecule has 0 bridgehead atoms. The average Bonchev–Trinajstić information content (AvgIpc) is 2.86. The molecule has 0 aliphatic heterocycles. The number of benzene rings is 1. The van der Waals surface area contributed by atoms with Gasteiger partial charge in [0.15, 0.2) is 0 Å².